The van der Waals surface area contributed by atoms with Gasteiger partial charge < -0.3 is 9.80 Å². The average molecular weight is 318 g/mol. The number of rotatable bonds is 2. The molecule has 0 radical (unpaired) electrons. The van der Waals surface area contributed by atoms with Crippen LogP contribution in [0.5, 0.6) is 0 Å². The van der Waals surface area contributed by atoms with Gasteiger partial charge in [0.25, 0.3) is 0 Å². The average Bonchev–Trinajstić information content (AvgIpc) is 3.45. The summed E-state index contributed by atoms with van der Waals surface area (Å²) < 4.78 is 0. The third-order valence-corrected chi connectivity index (χ3v) is 6.54. The van der Waals surface area contributed by atoms with Gasteiger partial charge in [0.05, 0.1) is 0 Å². The Labute approximate surface area is 139 Å². The standard InChI is InChI=1S/C19H30N2O2/c22-18(15-8-9-15)20-12-10-17-16(13-20)7-4-11-21(17)19(23)14-5-2-1-3-6-14/h14-17H,1-13H2/t16-,17+/m1/s1. The number of amides is 2. The summed E-state index contributed by atoms with van der Waals surface area (Å²) in [6.45, 7) is 2.71. The van der Waals surface area contributed by atoms with Crippen LogP contribution in [0.25, 0.3) is 0 Å². The summed E-state index contributed by atoms with van der Waals surface area (Å²) in [4.78, 5) is 29.7. The van der Waals surface area contributed by atoms with Crippen molar-refractivity contribution in [3.8, 4) is 0 Å². The summed E-state index contributed by atoms with van der Waals surface area (Å²) in [7, 11) is 0. The van der Waals surface area contributed by atoms with Crippen molar-refractivity contribution in [2.75, 3.05) is 19.6 Å². The summed E-state index contributed by atoms with van der Waals surface area (Å²) in [6.07, 6.45) is 11.4. The van der Waals surface area contributed by atoms with E-state index in [1.54, 1.807) is 0 Å². The van der Waals surface area contributed by atoms with Gasteiger partial charge >= 0.3 is 0 Å². The van der Waals surface area contributed by atoms with Gasteiger partial charge in [0, 0.05) is 37.5 Å². The largest absolute Gasteiger partial charge is 0.342 e. The van der Waals surface area contributed by atoms with Crippen molar-refractivity contribution in [1.29, 1.82) is 0 Å². The first kappa shape index (κ1) is 15.5. The number of likely N-dealkylation sites (tertiary alicyclic amines) is 2. The van der Waals surface area contributed by atoms with Crippen molar-refractivity contribution in [3.63, 3.8) is 0 Å². The maximum Gasteiger partial charge on any atom is 0.225 e. The van der Waals surface area contributed by atoms with E-state index in [9.17, 15) is 9.59 Å². The zero-order valence-electron chi connectivity index (χ0n) is 14.2. The second-order valence-corrected chi connectivity index (χ2v) is 8.18. The van der Waals surface area contributed by atoms with Crippen molar-refractivity contribution in [2.24, 2.45) is 17.8 Å². The van der Waals surface area contributed by atoms with E-state index in [2.05, 4.69) is 9.80 Å². The Kier molecular flexibility index (Phi) is 4.33. The monoisotopic (exact) mass is 318 g/mol. The molecule has 2 saturated heterocycles. The SMILES string of the molecule is O=C(C1CC1)N1CC[C@H]2[C@H](CCCN2C(=O)C2CCCCC2)C1. The first-order valence-corrected chi connectivity index (χ1v) is 9.83. The lowest BCUT2D eigenvalue weighted by atomic mass is 9.81. The Hall–Kier alpha value is -1.06. The smallest absolute Gasteiger partial charge is 0.225 e. The maximum atomic E-state index is 13.0. The fourth-order valence-electron chi connectivity index (χ4n) is 5.05. The minimum Gasteiger partial charge on any atom is -0.342 e. The van der Waals surface area contributed by atoms with E-state index in [1.807, 2.05) is 0 Å². The van der Waals surface area contributed by atoms with Crippen LogP contribution in [0.4, 0.5) is 0 Å². The van der Waals surface area contributed by atoms with Crippen LogP contribution >= 0.6 is 0 Å². The fraction of sp³-hybridized carbons (Fsp3) is 0.895. The molecule has 0 aromatic rings. The van der Waals surface area contributed by atoms with Gasteiger partial charge in [-0.3, -0.25) is 9.59 Å². The van der Waals surface area contributed by atoms with E-state index in [-0.39, 0.29) is 5.92 Å². The molecule has 0 bridgehead atoms. The molecule has 0 unspecified atom stereocenters. The molecule has 2 amide bonds. The summed E-state index contributed by atoms with van der Waals surface area (Å²) >= 11 is 0. The second kappa shape index (κ2) is 6.45. The highest BCUT2D eigenvalue weighted by Gasteiger charge is 2.43. The van der Waals surface area contributed by atoms with Crippen LogP contribution in [-0.2, 0) is 9.59 Å². The van der Waals surface area contributed by atoms with E-state index in [4.69, 9.17) is 0 Å². The molecule has 23 heavy (non-hydrogen) atoms. The van der Waals surface area contributed by atoms with Gasteiger partial charge in [-0.25, -0.2) is 0 Å². The van der Waals surface area contributed by atoms with E-state index in [1.165, 1.54) is 25.7 Å². The predicted octanol–water partition coefficient (Wildman–Crippen LogP) is 2.82. The van der Waals surface area contributed by atoms with Crippen LogP contribution in [0.15, 0.2) is 0 Å². The fourth-order valence-corrected chi connectivity index (χ4v) is 5.05. The third-order valence-electron chi connectivity index (χ3n) is 6.54. The van der Waals surface area contributed by atoms with Crippen LogP contribution in [0, 0.1) is 17.8 Å². The van der Waals surface area contributed by atoms with Gasteiger partial charge in [0.2, 0.25) is 11.8 Å². The number of fused-ring (bicyclic) bond motifs is 1. The Morgan fingerprint density at radius 1 is 0.696 bits per heavy atom. The van der Waals surface area contributed by atoms with Crippen LogP contribution in [0.2, 0.25) is 0 Å². The molecular weight excluding hydrogens is 288 g/mol. The van der Waals surface area contributed by atoms with E-state index in [0.29, 0.717) is 29.7 Å². The van der Waals surface area contributed by atoms with Gasteiger partial charge in [-0.2, -0.15) is 0 Å². The number of nitrogens with zero attached hydrogens (tertiary/aromatic N) is 2. The number of piperidine rings is 2. The quantitative estimate of drug-likeness (QED) is 0.785. The van der Waals surface area contributed by atoms with Crippen LogP contribution in [0.3, 0.4) is 0 Å². The van der Waals surface area contributed by atoms with Gasteiger partial charge in [0.15, 0.2) is 0 Å². The molecule has 4 fully saturated rings. The zero-order valence-corrected chi connectivity index (χ0v) is 14.2. The number of hydrogen-bond donors (Lipinski definition) is 0. The molecular formula is C19H30N2O2. The Morgan fingerprint density at radius 2 is 1.43 bits per heavy atom. The molecule has 0 aromatic heterocycles. The Bertz CT molecular complexity index is 468. The van der Waals surface area contributed by atoms with Gasteiger partial charge in [0.1, 0.15) is 0 Å². The van der Waals surface area contributed by atoms with Crippen molar-refractivity contribution >= 4 is 11.8 Å². The number of carbonyl (C=O) groups excluding carboxylic acids is 2. The van der Waals surface area contributed by atoms with E-state index in [0.717, 1.165) is 58.2 Å². The molecule has 2 heterocycles. The second-order valence-electron chi connectivity index (χ2n) is 8.18. The van der Waals surface area contributed by atoms with Crippen molar-refractivity contribution in [1.82, 2.24) is 9.80 Å². The molecule has 0 N–H and O–H groups in total. The number of carbonyl (C=O) groups is 2. The lowest BCUT2D eigenvalue weighted by Gasteiger charge is -2.48. The van der Waals surface area contributed by atoms with Crippen LogP contribution < -0.4 is 0 Å². The first-order chi connectivity index (χ1) is 11.2. The summed E-state index contributed by atoms with van der Waals surface area (Å²) in [5.74, 6) is 1.96. The zero-order chi connectivity index (χ0) is 15.8. The Morgan fingerprint density at radius 3 is 2.17 bits per heavy atom. The minimum atomic E-state index is 0.286. The number of hydrogen-bond acceptors (Lipinski definition) is 2. The van der Waals surface area contributed by atoms with E-state index >= 15 is 0 Å². The highest BCUT2D eigenvalue weighted by Crippen LogP contribution is 2.37. The minimum absolute atomic E-state index is 0.286. The Balaban J connectivity index is 1.40. The molecule has 2 aliphatic carbocycles. The summed E-state index contributed by atoms with van der Waals surface area (Å²) in [5, 5.41) is 0. The van der Waals surface area contributed by atoms with Crippen LogP contribution in [-0.4, -0.2) is 47.3 Å². The van der Waals surface area contributed by atoms with Gasteiger partial charge in [-0.15, -0.1) is 0 Å². The molecule has 2 saturated carbocycles. The van der Waals surface area contributed by atoms with Gasteiger partial charge in [-0.1, -0.05) is 19.3 Å². The van der Waals surface area contributed by atoms with Gasteiger partial charge in [-0.05, 0) is 50.9 Å². The summed E-state index contributed by atoms with van der Waals surface area (Å²) in [5.41, 5.74) is 0. The molecule has 4 nitrogen and oxygen atoms in total. The molecule has 2 atom stereocenters. The molecule has 4 rings (SSSR count). The molecule has 4 heteroatoms. The lowest BCUT2D eigenvalue weighted by molar-refractivity contribution is -0.146. The molecule has 4 aliphatic rings. The summed E-state index contributed by atoms with van der Waals surface area (Å²) in [6, 6.07) is 0.404. The highest BCUT2D eigenvalue weighted by atomic mass is 16.2. The van der Waals surface area contributed by atoms with E-state index < -0.39 is 0 Å². The first-order valence-electron chi connectivity index (χ1n) is 9.83. The van der Waals surface area contributed by atoms with Crippen molar-refractivity contribution in [3.05, 3.63) is 0 Å². The lowest BCUT2D eigenvalue weighted by Crippen LogP contribution is -2.57. The van der Waals surface area contributed by atoms with Crippen molar-refractivity contribution in [2.45, 2.75) is 70.3 Å². The van der Waals surface area contributed by atoms with Crippen molar-refractivity contribution < 1.29 is 9.59 Å². The predicted molar refractivity (Wildman–Crippen MR) is 88.7 cm³/mol. The normalized spacial score (nSPS) is 32.5. The highest BCUT2D eigenvalue weighted by molar-refractivity contribution is 5.81. The van der Waals surface area contributed by atoms with Crippen LogP contribution in [0.1, 0.15) is 64.2 Å². The molecule has 2 aliphatic heterocycles. The maximum absolute atomic E-state index is 13.0. The molecule has 0 aromatic carbocycles. The third kappa shape index (κ3) is 3.14. The molecule has 128 valence electrons. The topological polar surface area (TPSA) is 40.6 Å². The molecule has 0 spiro atoms.